The molecule has 0 saturated heterocycles. The second kappa shape index (κ2) is 5.56. The molecule has 54 valence electrons. The lowest BCUT2D eigenvalue weighted by atomic mass is 10.0. The van der Waals surface area contributed by atoms with Crippen LogP contribution in [0, 0.1) is 0 Å². The third-order valence-corrected chi connectivity index (χ3v) is 1.13. The maximum absolute atomic E-state index is 9.34. The van der Waals surface area contributed by atoms with Crippen LogP contribution in [-0.4, -0.2) is 11.2 Å². The van der Waals surface area contributed by atoms with Crippen LogP contribution in [0.5, 0.6) is 0 Å². The Kier molecular flexibility index (Phi) is 5.21. The van der Waals surface area contributed by atoms with E-state index in [-0.39, 0.29) is 0 Å². The van der Waals surface area contributed by atoms with Crippen LogP contribution < -0.4 is 0 Å². The van der Waals surface area contributed by atoms with Crippen molar-refractivity contribution in [3.05, 3.63) is 0 Å². The highest BCUT2D eigenvalue weighted by molar-refractivity contribution is 5.64. The van der Waals surface area contributed by atoms with E-state index in [0.717, 1.165) is 6.92 Å². The van der Waals surface area contributed by atoms with E-state index in [0.29, 0.717) is 0 Å². The van der Waals surface area contributed by atoms with Crippen molar-refractivity contribution in [1.82, 2.24) is 0 Å². The lowest BCUT2D eigenvalue weighted by Crippen LogP contribution is -1.89. The molecule has 1 fully saturated rings. The van der Waals surface area contributed by atoms with Crippen molar-refractivity contribution in [2.75, 3.05) is 0 Å². The molecule has 0 aromatic rings. The van der Waals surface area contributed by atoms with E-state index >= 15 is 0 Å². The van der Waals surface area contributed by atoms with Crippen molar-refractivity contribution in [2.45, 2.75) is 32.6 Å². The van der Waals surface area contributed by atoms with Crippen molar-refractivity contribution >= 4 is 5.97 Å². The predicted octanol–water partition coefficient (Wildman–Crippen LogP) is 1.58. The normalized spacial score (nSPS) is 14.4. The quantitative estimate of drug-likeness (QED) is 0.402. The van der Waals surface area contributed by atoms with Crippen LogP contribution in [-0.2, 0) is 9.68 Å². The van der Waals surface area contributed by atoms with Crippen molar-refractivity contribution < 1.29 is 14.9 Å². The minimum absolute atomic E-state index is 0.690. The Morgan fingerprint density at radius 2 is 1.56 bits per heavy atom. The van der Waals surface area contributed by atoms with Crippen LogP contribution in [0.25, 0.3) is 0 Å². The van der Waals surface area contributed by atoms with Gasteiger partial charge in [0.2, 0.25) is 0 Å². The average molecular weight is 132 g/mol. The number of carbonyl (C=O) groups is 1. The van der Waals surface area contributed by atoms with Gasteiger partial charge in [0.15, 0.2) is 0 Å². The Morgan fingerprint density at radius 1 is 1.33 bits per heavy atom. The predicted molar refractivity (Wildman–Crippen MR) is 32.9 cm³/mol. The van der Waals surface area contributed by atoms with Crippen LogP contribution in [0.15, 0.2) is 0 Å². The van der Waals surface area contributed by atoms with E-state index < -0.39 is 5.97 Å². The molecule has 9 heavy (non-hydrogen) atoms. The molecule has 0 heterocycles. The van der Waals surface area contributed by atoms with Gasteiger partial charge in [0.05, 0.1) is 0 Å². The van der Waals surface area contributed by atoms with Crippen molar-refractivity contribution in [2.24, 2.45) is 0 Å². The molecular weight excluding hydrogens is 120 g/mol. The van der Waals surface area contributed by atoms with Gasteiger partial charge >= 0.3 is 5.97 Å². The zero-order valence-corrected chi connectivity index (χ0v) is 5.59. The van der Waals surface area contributed by atoms with Crippen LogP contribution >= 0.6 is 0 Å². The summed E-state index contributed by atoms with van der Waals surface area (Å²) in [4.78, 5) is 12.5. The van der Waals surface area contributed by atoms with Gasteiger partial charge in [-0.2, -0.15) is 5.26 Å². The Balaban J connectivity index is 0.000000144. The monoisotopic (exact) mass is 132 g/mol. The fourth-order valence-corrected chi connectivity index (χ4v) is 0.250. The van der Waals surface area contributed by atoms with Crippen LogP contribution in [0.3, 0.4) is 0 Å². The Morgan fingerprint density at radius 3 is 1.56 bits per heavy atom. The fraction of sp³-hybridized carbons (Fsp3) is 0.833. The van der Waals surface area contributed by atoms with Gasteiger partial charge in [0.25, 0.3) is 0 Å². The van der Waals surface area contributed by atoms with Crippen LogP contribution in [0.4, 0.5) is 0 Å². The smallest absolute Gasteiger partial charge is 0.301 e. The van der Waals surface area contributed by atoms with Crippen molar-refractivity contribution in [3.8, 4) is 0 Å². The molecule has 0 spiro atoms. The topological polar surface area (TPSA) is 46.5 Å². The van der Waals surface area contributed by atoms with Gasteiger partial charge in [-0.15, -0.1) is 0 Å². The molecule has 3 heteroatoms. The molecule has 1 N–H and O–H groups in total. The molecule has 0 amide bonds. The average Bonchev–Trinajstić information content (AvgIpc) is 1.61. The van der Waals surface area contributed by atoms with Crippen molar-refractivity contribution in [1.29, 1.82) is 0 Å². The lowest BCUT2D eigenvalue weighted by molar-refractivity contribution is -0.231. The number of hydrogen-bond donors (Lipinski definition) is 1. The standard InChI is InChI=1S/C4H8.C2H4O3/c1-2-4-3-1;1-2(3)5-4/h1-4H2;4H,1H3. The second-order valence-electron chi connectivity index (χ2n) is 2.00. The molecular formula is C6H12O3. The molecule has 3 nitrogen and oxygen atoms in total. The molecule has 1 rings (SSSR count). The molecule has 0 radical (unpaired) electrons. The molecule has 0 unspecified atom stereocenters. The summed E-state index contributed by atoms with van der Waals surface area (Å²) in [5.74, 6) is -0.690. The highest BCUT2D eigenvalue weighted by Gasteiger charge is 1.95. The Hall–Kier alpha value is -0.570. The second-order valence-corrected chi connectivity index (χ2v) is 2.00. The van der Waals surface area contributed by atoms with E-state index in [9.17, 15) is 4.79 Å². The molecule has 0 atom stereocenters. The summed E-state index contributed by atoms with van der Waals surface area (Å²) in [6.07, 6.45) is 6.00. The first-order valence-corrected chi connectivity index (χ1v) is 3.09. The molecule has 0 aromatic carbocycles. The molecule has 0 aliphatic heterocycles. The fourth-order valence-electron chi connectivity index (χ4n) is 0.250. The summed E-state index contributed by atoms with van der Waals surface area (Å²) in [5.41, 5.74) is 0. The Bertz CT molecular complexity index is 72.4. The molecule has 1 aliphatic rings. The largest absolute Gasteiger partial charge is 0.339 e. The number of hydrogen-bond acceptors (Lipinski definition) is 3. The Labute approximate surface area is 54.6 Å². The first kappa shape index (κ1) is 8.43. The first-order chi connectivity index (χ1) is 4.27. The zero-order valence-electron chi connectivity index (χ0n) is 5.59. The summed E-state index contributed by atoms with van der Waals surface area (Å²) in [5, 5.41) is 7.29. The SMILES string of the molecule is C1CCC1.CC(=O)OO. The minimum Gasteiger partial charge on any atom is -0.301 e. The molecule has 0 aromatic heterocycles. The highest BCUT2D eigenvalue weighted by atomic mass is 17.1. The summed E-state index contributed by atoms with van der Waals surface area (Å²) in [7, 11) is 0. The third-order valence-electron chi connectivity index (χ3n) is 1.13. The highest BCUT2D eigenvalue weighted by Crippen LogP contribution is 2.15. The van der Waals surface area contributed by atoms with E-state index in [1.807, 2.05) is 0 Å². The van der Waals surface area contributed by atoms with E-state index in [4.69, 9.17) is 5.26 Å². The van der Waals surface area contributed by atoms with Gasteiger partial charge in [0.1, 0.15) is 0 Å². The number of carbonyl (C=O) groups excluding carboxylic acids is 1. The lowest BCUT2D eigenvalue weighted by Gasteiger charge is -2.05. The van der Waals surface area contributed by atoms with Gasteiger partial charge in [-0.05, 0) is 0 Å². The van der Waals surface area contributed by atoms with Gasteiger partial charge < -0.3 is 4.89 Å². The van der Waals surface area contributed by atoms with E-state index in [2.05, 4.69) is 4.89 Å². The molecule has 1 saturated carbocycles. The minimum atomic E-state index is -0.690. The van der Waals surface area contributed by atoms with Gasteiger partial charge in [0, 0.05) is 6.92 Å². The van der Waals surface area contributed by atoms with Gasteiger partial charge in [-0.1, -0.05) is 25.7 Å². The van der Waals surface area contributed by atoms with Gasteiger partial charge in [-0.25, -0.2) is 4.79 Å². The molecule has 1 aliphatic carbocycles. The van der Waals surface area contributed by atoms with Crippen LogP contribution in [0.2, 0.25) is 0 Å². The summed E-state index contributed by atoms with van der Waals surface area (Å²) >= 11 is 0. The molecule has 0 bridgehead atoms. The third kappa shape index (κ3) is 7.43. The van der Waals surface area contributed by atoms with Gasteiger partial charge in [-0.3, -0.25) is 0 Å². The number of rotatable bonds is 0. The van der Waals surface area contributed by atoms with Crippen LogP contribution in [0.1, 0.15) is 32.6 Å². The first-order valence-electron chi connectivity index (χ1n) is 3.09. The maximum atomic E-state index is 9.34. The summed E-state index contributed by atoms with van der Waals surface area (Å²) in [6, 6.07) is 0. The maximum Gasteiger partial charge on any atom is 0.339 e. The van der Waals surface area contributed by atoms with Crippen molar-refractivity contribution in [3.63, 3.8) is 0 Å². The summed E-state index contributed by atoms with van der Waals surface area (Å²) in [6.45, 7) is 1.11. The summed E-state index contributed by atoms with van der Waals surface area (Å²) < 4.78 is 0. The van der Waals surface area contributed by atoms with E-state index in [1.54, 1.807) is 0 Å². The zero-order chi connectivity index (χ0) is 7.11. The van der Waals surface area contributed by atoms with E-state index in [1.165, 1.54) is 25.7 Å².